The summed E-state index contributed by atoms with van der Waals surface area (Å²) in [5.41, 5.74) is -0.141. The molecule has 1 atom stereocenters. The predicted molar refractivity (Wildman–Crippen MR) is 79.8 cm³/mol. The zero-order valence-corrected chi connectivity index (χ0v) is 12.5. The molecule has 0 aliphatic carbocycles. The lowest BCUT2D eigenvalue weighted by Crippen LogP contribution is -2.49. The van der Waals surface area contributed by atoms with Gasteiger partial charge in [-0.1, -0.05) is 13.3 Å². The van der Waals surface area contributed by atoms with E-state index in [1.54, 1.807) is 25.1 Å². The quantitative estimate of drug-likeness (QED) is 0.731. The Bertz CT molecular complexity index is 766. The van der Waals surface area contributed by atoms with E-state index in [9.17, 15) is 19.5 Å². The summed E-state index contributed by atoms with van der Waals surface area (Å²) in [6.45, 7) is 1.46. The molecule has 1 amide bonds. The molecule has 0 spiro atoms. The van der Waals surface area contributed by atoms with Gasteiger partial charge in [0.05, 0.1) is 12.0 Å². The second kappa shape index (κ2) is 7.44. The second-order valence-corrected chi connectivity index (χ2v) is 4.97. The number of aliphatic carboxylic acids is 1. The Balaban J connectivity index is 1.98. The van der Waals surface area contributed by atoms with Gasteiger partial charge in [-0.05, 0) is 24.6 Å². The molecule has 0 saturated heterocycles. The third-order valence-corrected chi connectivity index (χ3v) is 3.16. The number of benzene rings is 1. The first kappa shape index (κ1) is 16.5. The van der Waals surface area contributed by atoms with Crippen LogP contribution in [0, 0.1) is 0 Å². The average Bonchev–Trinajstić information content (AvgIpc) is 2.52. The first-order chi connectivity index (χ1) is 11.0. The Kier molecular flexibility index (Phi) is 5.35. The molecule has 0 aliphatic heterocycles. The summed E-state index contributed by atoms with van der Waals surface area (Å²) >= 11 is 0. The minimum Gasteiger partial charge on any atom is -0.548 e. The number of nitrogens with one attached hydrogen (secondary N) is 1. The van der Waals surface area contributed by atoms with Crippen LogP contribution < -0.4 is 20.8 Å². The van der Waals surface area contributed by atoms with Gasteiger partial charge in [0.15, 0.2) is 6.61 Å². The van der Waals surface area contributed by atoms with Crippen LogP contribution in [0.5, 0.6) is 5.75 Å². The zero-order valence-electron chi connectivity index (χ0n) is 12.5. The van der Waals surface area contributed by atoms with Crippen molar-refractivity contribution in [3.8, 4) is 5.75 Å². The number of fused-ring (bicyclic) bond motifs is 1. The van der Waals surface area contributed by atoms with E-state index >= 15 is 0 Å². The van der Waals surface area contributed by atoms with Crippen LogP contribution in [0.1, 0.15) is 19.8 Å². The molecule has 0 saturated carbocycles. The highest BCUT2D eigenvalue weighted by Crippen LogP contribution is 2.19. The molecule has 0 unspecified atom stereocenters. The van der Waals surface area contributed by atoms with Crippen LogP contribution in [0.3, 0.4) is 0 Å². The van der Waals surface area contributed by atoms with Gasteiger partial charge >= 0.3 is 5.63 Å². The number of carboxylic acid groups (broad SMARTS) is 1. The van der Waals surface area contributed by atoms with Crippen molar-refractivity contribution in [2.75, 3.05) is 6.61 Å². The summed E-state index contributed by atoms with van der Waals surface area (Å²) in [6, 6.07) is 6.69. The molecule has 0 bridgehead atoms. The van der Waals surface area contributed by atoms with Crippen molar-refractivity contribution in [3.05, 3.63) is 40.8 Å². The van der Waals surface area contributed by atoms with E-state index in [1.807, 2.05) is 0 Å². The molecule has 7 heteroatoms. The maximum Gasteiger partial charge on any atom is 0.336 e. The van der Waals surface area contributed by atoms with Crippen molar-refractivity contribution in [3.63, 3.8) is 0 Å². The van der Waals surface area contributed by atoms with Crippen LogP contribution in [0.25, 0.3) is 11.0 Å². The fourth-order valence-electron chi connectivity index (χ4n) is 2.05. The largest absolute Gasteiger partial charge is 0.548 e. The SMILES string of the molecule is CCC[C@H](NC(=O)COc1ccc2ccc(=O)oc2c1)C(=O)[O-]. The second-order valence-electron chi connectivity index (χ2n) is 4.97. The van der Waals surface area contributed by atoms with Crippen molar-refractivity contribution >= 4 is 22.8 Å². The molecule has 0 fully saturated rings. The van der Waals surface area contributed by atoms with Crippen molar-refractivity contribution < 1.29 is 23.8 Å². The number of rotatable bonds is 7. The van der Waals surface area contributed by atoms with Gasteiger partial charge in [-0.2, -0.15) is 0 Å². The van der Waals surface area contributed by atoms with E-state index in [-0.39, 0.29) is 13.0 Å². The van der Waals surface area contributed by atoms with Gasteiger partial charge < -0.3 is 24.4 Å². The van der Waals surface area contributed by atoms with E-state index in [2.05, 4.69) is 5.32 Å². The highest BCUT2D eigenvalue weighted by Gasteiger charge is 2.13. The van der Waals surface area contributed by atoms with E-state index in [4.69, 9.17) is 9.15 Å². The highest BCUT2D eigenvalue weighted by molar-refractivity contribution is 5.83. The Morgan fingerprint density at radius 2 is 2.04 bits per heavy atom. The average molecular weight is 318 g/mol. The van der Waals surface area contributed by atoms with Gasteiger partial charge in [-0.3, -0.25) is 4.79 Å². The monoisotopic (exact) mass is 318 g/mol. The third-order valence-electron chi connectivity index (χ3n) is 3.16. The van der Waals surface area contributed by atoms with E-state index < -0.39 is 23.5 Å². The van der Waals surface area contributed by atoms with Crippen LogP contribution in [0.15, 0.2) is 39.5 Å². The molecule has 0 aliphatic rings. The lowest BCUT2D eigenvalue weighted by atomic mass is 10.2. The van der Waals surface area contributed by atoms with Crippen LogP contribution in [-0.4, -0.2) is 24.5 Å². The Morgan fingerprint density at radius 3 is 2.74 bits per heavy atom. The normalized spacial score (nSPS) is 11.9. The molecule has 0 radical (unpaired) electrons. The molecular weight excluding hydrogens is 302 g/mol. The van der Waals surface area contributed by atoms with Crippen molar-refractivity contribution in [1.82, 2.24) is 5.32 Å². The maximum absolute atomic E-state index is 11.7. The summed E-state index contributed by atoms with van der Waals surface area (Å²) in [7, 11) is 0. The van der Waals surface area contributed by atoms with E-state index in [1.165, 1.54) is 12.1 Å². The number of hydrogen-bond acceptors (Lipinski definition) is 6. The number of ether oxygens (including phenoxy) is 1. The molecule has 2 rings (SSSR count). The van der Waals surface area contributed by atoms with Crippen molar-refractivity contribution in [2.45, 2.75) is 25.8 Å². The van der Waals surface area contributed by atoms with Crippen LogP contribution >= 0.6 is 0 Å². The van der Waals surface area contributed by atoms with Crippen molar-refractivity contribution in [2.24, 2.45) is 0 Å². The van der Waals surface area contributed by atoms with Gasteiger partial charge in [-0.15, -0.1) is 0 Å². The maximum atomic E-state index is 11.7. The minimum absolute atomic E-state index is 0.287. The Hall–Kier alpha value is -2.83. The van der Waals surface area contributed by atoms with Crippen LogP contribution in [-0.2, 0) is 9.59 Å². The van der Waals surface area contributed by atoms with E-state index in [0.29, 0.717) is 17.8 Å². The fourth-order valence-corrected chi connectivity index (χ4v) is 2.05. The molecule has 1 N–H and O–H groups in total. The molecule has 2 aromatic rings. The summed E-state index contributed by atoms with van der Waals surface area (Å²) in [5.74, 6) is -1.56. The summed E-state index contributed by atoms with van der Waals surface area (Å²) in [4.78, 5) is 33.8. The predicted octanol–water partition coefficient (Wildman–Crippen LogP) is 0.207. The zero-order chi connectivity index (χ0) is 16.8. The number of carboxylic acids is 1. The molecular formula is C16H16NO6-. The molecule has 1 aromatic heterocycles. The number of carbonyl (C=O) groups is 2. The molecule has 23 heavy (non-hydrogen) atoms. The lowest BCUT2D eigenvalue weighted by Gasteiger charge is -2.19. The highest BCUT2D eigenvalue weighted by atomic mass is 16.5. The molecule has 7 nitrogen and oxygen atoms in total. The van der Waals surface area contributed by atoms with Gasteiger partial charge in [0.25, 0.3) is 5.91 Å². The van der Waals surface area contributed by atoms with Gasteiger partial charge in [0, 0.05) is 17.5 Å². The first-order valence-electron chi connectivity index (χ1n) is 7.16. The number of carbonyl (C=O) groups excluding carboxylic acids is 2. The number of hydrogen-bond donors (Lipinski definition) is 1. The lowest BCUT2D eigenvalue weighted by molar-refractivity contribution is -0.308. The Labute approximate surface area is 131 Å². The molecule has 1 aromatic carbocycles. The van der Waals surface area contributed by atoms with E-state index in [0.717, 1.165) is 5.39 Å². The molecule has 122 valence electrons. The fraction of sp³-hybridized carbons (Fsp3) is 0.312. The minimum atomic E-state index is -1.33. The molecule has 1 heterocycles. The standard InChI is InChI=1S/C16H17NO6/c1-2-3-12(16(20)21)17-14(18)9-22-11-6-4-10-5-7-15(19)23-13(10)8-11/h4-8,12H,2-3,9H2,1H3,(H,17,18)(H,20,21)/p-1/t12-/m0/s1. The summed E-state index contributed by atoms with van der Waals surface area (Å²) < 4.78 is 10.3. The van der Waals surface area contributed by atoms with Gasteiger partial charge in [0.1, 0.15) is 11.3 Å². The van der Waals surface area contributed by atoms with Crippen molar-refractivity contribution in [1.29, 1.82) is 0 Å². The number of amides is 1. The topological polar surface area (TPSA) is 109 Å². The first-order valence-corrected chi connectivity index (χ1v) is 7.16. The smallest absolute Gasteiger partial charge is 0.336 e. The van der Waals surface area contributed by atoms with Gasteiger partial charge in [-0.25, -0.2) is 4.79 Å². The Morgan fingerprint density at radius 1 is 1.30 bits per heavy atom. The van der Waals surface area contributed by atoms with Crippen LogP contribution in [0.4, 0.5) is 0 Å². The van der Waals surface area contributed by atoms with Crippen LogP contribution in [0.2, 0.25) is 0 Å². The summed E-state index contributed by atoms with van der Waals surface area (Å²) in [6.07, 6.45) is 0.888. The summed E-state index contributed by atoms with van der Waals surface area (Å²) in [5, 5.41) is 13.9. The van der Waals surface area contributed by atoms with Gasteiger partial charge in [0.2, 0.25) is 0 Å². The third kappa shape index (κ3) is 4.57.